The number of amides is 1. The zero-order valence-electron chi connectivity index (χ0n) is 13.4. The Morgan fingerprint density at radius 3 is 2.46 bits per heavy atom. The summed E-state index contributed by atoms with van der Waals surface area (Å²) in [4.78, 5) is 22.2. The third-order valence-corrected chi connectivity index (χ3v) is 3.46. The number of para-hydroxylation sites is 1. The van der Waals surface area contributed by atoms with Crippen molar-refractivity contribution in [1.29, 1.82) is 0 Å². The number of nitro benzene ring substituents is 1. The molecule has 0 aromatic heterocycles. The van der Waals surface area contributed by atoms with Gasteiger partial charge in [-0.25, -0.2) is 0 Å². The van der Waals surface area contributed by atoms with E-state index in [1.807, 2.05) is 30.3 Å². The van der Waals surface area contributed by atoms with Crippen LogP contribution in [0.3, 0.4) is 0 Å². The molecule has 126 valence electrons. The number of carbonyl (C=O) groups is 1. The minimum absolute atomic E-state index is 0.107. The minimum atomic E-state index is -0.514. The minimum Gasteiger partial charge on any atom is -0.385 e. The van der Waals surface area contributed by atoms with Crippen LogP contribution in [0.15, 0.2) is 48.5 Å². The van der Waals surface area contributed by atoms with Crippen LogP contribution in [0.4, 0.5) is 17.1 Å². The lowest BCUT2D eigenvalue weighted by atomic mass is 10.1. The predicted octanol–water partition coefficient (Wildman–Crippen LogP) is 2.87. The molecule has 0 aliphatic rings. The number of hydrogen-bond acceptors (Lipinski definition) is 5. The second-order valence-electron chi connectivity index (χ2n) is 5.14. The lowest BCUT2D eigenvalue weighted by Crippen LogP contribution is -2.20. The zero-order chi connectivity index (χ0) is 17.4. The molecule has 0 saturated carbocycles. The number of nitrogens with zero attached hydrogens (tertiary/aromatic N) is 1. The van der Waals surface area contributed by atoms with Crippen molar-refractivity contribution in [1.82, 2.24) is 5.32 Å². The van der Waals surface area contributed by atoms with Gasteiger partial charge in [-0.15, -0.1) is 0 Å². The van der Waals surface area contributed by atoms with Gasteiger partial charge in [0.15, 0.2) is 0 Å². The van der Waals surface area contributed by atoms with E-state index in [9.17, 15) is 14.9 Å². The first-order valence-corrected chi connectivity index (χ1v) is 7.65. The number of rotatable bonds is 8. The molecule has 7 heteroatoms. The highest BCUT2D eigenvalue weighted by molar-refractivity contribution is 6.00. The van der Waals surface area contributed by atoms with Crippen LogP contribution >= 0.6 is 0 Å². The fourth-order valence-electron chi connectivity index (χ4n) is 2.22. The van der Waals surface area contributed by atoms with Gasteiger partial charge in [0, 0.05) is 43.6 Å². The van der Waals surface area contributed by atoms with Crippen molar-refractivity contribution >= 4 is 23.0 Å². The van der Waals surface area contributed by atoms with Gasteiger partial charge < -0.3 is 16.0 Å². The Bertz CT molecular complexity index is 704. The van der Waals surface area contributed by atoms with Crippen molar-refractivity contribution < 1.29 is 9.72 Å². The number of anilines is 2. The highest BCUT2D eigenvalue weighted by Gasteiger charge is 2.15. The van der Waals surface area contributed by atoms with E-state index in [0.717, 1.165) is 18.7 Å². The summed E-state index contributed by atoms with van der Waals surface area (Å²) in [6.45, 7) is 1.42. The topological polar surface area (TPSA) is 96.3 Å². The van der Waals surface area contributed by atoms with Crippen molar-refractivity contribution in [2.45, 2.75) is 6.42 Å². The molecule has 0 fully saturated rings. The molecule has 2 aromatic carbocycles. The zero-order valence-corrected chi connectivity index (χ0v) is 13.4. The van der Waals surface area contributed by atoms with Gasteiger partial charge in [-0.1, -0.05) is 18.2 Å². The van der Waals surface area contributed by atoms with Crippen molar-refractivity contribution in [2.24, 2.45) is 0 Å². The van der Waals surface area contributed by atoms with Crippen LogP contribution < -0.4 is 16.0 Å². The summed E-state index contributed by atoms with van der Waals surface area (Å²) >= 11 is 0. The number of nitro groups is 1. The average Bonchev–Trinajstić information content (AvgIpc) is 2.61. The number of non-ortho nitro benzene ring substituents is 1. The van der Waals surface area contributed by atoms with Crippen molar-refractivity contribution in [3.63, 3.8) is 0 Å². The van der Waals surface area contributed by atoms with Gasteiger partial charge in [-0.2, -0.15) is 0 Å². The smallest absolute Gasteiger partial charge is 0.270 e. The molecule has 1 amide bonds. The number of hydrogen-bond donors (Lipinski definition) is 3. The van der Waals surface area contributed by atoms with Crippen LogP contribution in [0.5, 0.6) is 0 Å². The van der Waals surface area contributed by atoms with Gasteiger partial charge in [-0.3, -0.25) is 14.9 Å². The van der Waals surface area contributed by atoms with Crippen LogP contribution in [-0.4, -0.2) is 31.0 Å². The van der Waals surface area contributed by atoms with E-state index in [0.29, 0.717) is 12.2 Å². The van der Waals surface area contributed by atoms with Crippen molar-refractivity contribution in [3.05, 3.63) is 64.2 Å². The summed E-state index contributed by atoms with van der Waals surface area (Å²) in [5.74, 6) is -0.358. The summed E-state index contributed by atoms with van der Waals surface area (Å²) in [7, 11) is 1.49. The molecule has 0 saturated heterocycles. The van der Waals surface area contributed by atoms with E-state index in [4.69, 9.17) is 0 Å². The van der Waals surface area contributed by atoms with Crippen LogP contribution in [0.25, 0.3) is 0 Å². The van der Waals surface area contributed by atoms with Crippen LogP contribution in [0, 0.1) is 10.1 Å². The Labute approximate surface area is 140 Å². The molecule has 0 bridgehead atoms. The maximum Gasteiger partial charge on any atom is 0.270 e. The Kier molecular flexibility index (Phi) is 6.13. The molecule has 3 N–H and O–H groups in total. The third-order valence-electron chi connectivity index (χ3n) is 3.46. The molecule has 2 aromatic rings. The van der Waals surface area contributed by atoms with E-state index >= 15 is 0 Å². The molecule has 0 radical (unpaired) electrons. The van der Waals surface area contributed by atoms with E-state index in [2.05, 4.69) is 16.0 Å². The first-order chi connectivity index (χ1) is 11.6. The van der Waals surface area contributed by atoms with Gasteiger partial charge in [-0.05, 0) is 24.6 Å². The first kappa shape index (κ1) is 17.3. The molecular formula is C17H20N4O3. The van der Waals surface area contributed by atoms with E-state index in [1.165, 1.54) is 19.2 Å². The van der Waals surface area contributed by atoms with Gasteiger partial charge in [0.25, 0.3) is 11.6 Å². The van der Waals surface area contributed by atoms with Gasteiger partial charge in [0.2, 0.25) is 0 Å². The second kappa shape index (κ2) is 8.52. The summed E-state index contributed by atoms with van der Waals surface area (Å²) in [6, 6.07) is 14.1. The highest BCUT2D eigenvalue weighted by atomic mass is 16.6. The fraction of sp³-hybridized carbons (Fsp3) is 0.235. The quantitative estimate of drug-likeness (QED) is 0.393. The number of nitrogens with one attached hydrogen (secondary N) is 3. The maximum atomic E-state index is 11.9. The Balaban J connectivity index is 1.91. The largest absolute Gasteiger partial charge is 0.385 e. The third kappa shape index (κ3) is 4.70. The Morgan fingerprint density at radius 2 is 1.79 bits per heavy atom. The number of carbonyl (C=O) groups excluding carboxylic acids is 1. The summed E-state index contributed by atoms with van der Waals surface area (Å²) in [5.41, 5.74) is 1.80. The molecule has 2 rings (SSSR count). The molecule has 0 aliphatic carbocycles. The summed E-state index contributed by atoms with van der Waals surface area (Å²) in [6.07, 6.45) is 0.832. The van der Waals surface area contributed by atoms with E-state index in [-0.39, 0.29) is 17.2 Å². The molecular weight excluding hydrogens is 308 g/mol. The summed E-state index contributed by atoms with van der Waals surface area (Å²) < 4.78 is 0. The van der Waals surface area contributed by atoms with E-state index < -0.39 is 4.92 Å². The SMILES string of the molecule is CNC(=O)c1cc([N+](=O)[O-])ccc1NCCCNc1ccccc1. The lowest BCUT2D eigenvalue weighted by molar-refractivity contribution is -0.384. The molecule has 0 unspecified atom stereocenters. The van der Waals surface area contributed by atoms with Gasteiger partial charge in [0.1, 0.15) is 0 Å². The van der Waals surface area contributed by atoms with Crippen molar-refractivity contribution in [2.75, 3.05) is 30.8 Å². The molecule has 0 atom stereocenters. The number of benzene rings is 2. The lowest BCUT2D eigenvalue weighted by Gasteiger charge is -2.12. The first-order valence-electron chi connectivity index (χ1n) is 7.65. The Morgan fingerprint density at radius 1 is 1.08 bits per heavy atom. The van der Waals surface area contributed by atoms with Crippen molar-refractivity contribution in [3.8, 4) is 0 Å². The van der Waals surface area contributed by atoms with Crippen LogP contribution in [-0.2, 0) is 0 Å². The van der Waals surface area contributed by atoms with Gasteiger partial charge in [0.05, 0.1) is 10.5 Å². The van der Waals surface area contributed by atoms with E-state index in [1.54, 1.807) is 6.07 Å². The predicted molar refractivity (Wildman–Crippen MR) is 94.5 cm³/mol. The Hall–Kier alpha value is -3.09. The molecule has 24 heavy (non-hydrogen) atoms. The highest BCUT2D eigenvalue weighted by Crippen LogP contribution is 2.22. The standard InChI is InChI=1S/C17H20N4O3/c1-18-17(22)15-12-14(21(23)24)8-9-16(15)20-11-5-10-19-13-6-3-2-4-7-13/h2-4,6-9,12,19-20H,5,10-11H2,1H3,(H,18,22). The molecule has 0 spiro atoms. The van der Waals surface area contributed by atoms with Crippen LogP contribution in [0.2, 0.25) is 0 Å². The normalized spacial score (nSPS) is 10.0. The van der Waals surface area contributed by atoms with Gasteiger partial charge >= 0.3 is 0 Å². The fourth-order valence-corrected chi connectivity index (χ4v) is 2.22. The molecule has 0 aliphatic heterocycles. The second-order valence-corrected chi connectivity index (χ2v) is 5.14. The monoisotopic (exact) mass is 328 g/mol. The van der Waals surface area contributed by atoms with Crippen LogP contribution in [0.1, 0.15) is 16.8 Å². The average molecular weight is 328 g/mol. The molecule has 7 nitrogen and oxygen atoms in total. The molecule has 0 heterocycles. The summed E-state index contributed by atoms with van der Waals surface area (Å²) in [5, 5.41) is 19.8. The maximum absolute atomic E-state index is 11.9.